The van der Waals surface area contributed by atoms with E-state index in [0.29, 0.717) is 12.8 Å². The zero-order valence-electron chi connectivity index (χ0n) is 19.9. The van der Waals surface area contributed by atoms with E-state index in [1.54, 1.807) is 0 Å². The van der Waals surface area contributed by atoms with Crippen molar-refractivity contribution in [2.75, 3.05) is 4.90 Å². The first-order valence-electron chi connectivity index (χ1n) is 12.2. The third-order valence-electron chi connectivity index (χ3n) is 7.03. The zero-order chi connectivity index (χ0) is 26.2. The normalized spacial score (nSPS) is 23.4. The summed E-state index contributed by atoms with van der Waals surface area (Å²) in [6.07, 6.45) is -2.05. The molecule has 0 saturated heterocycles. The van der Waals surface area contributed by atoms with Crippen molar-refractivity contribution in [2.45, 2.75) is 61.5 Å². The van der Waals surface area contributed by atoms with Crippen LogP contribution in [0.3, 0.4) is 0 Å². The first-order chi connectivity index (χ1) is 17.6. The van der Waals surface area contributed by atoms with Gasteiger partial charge in [-0.1, -0.05) is 36.4 Å². The number of nitrogens with zero attached hydrogens (tertiary/aromatic N) is 1. The highest BCUT2D eigenvalue weighted by molar-refractivity contribution is 7.90. The maximum absolute atomic E-state index is 13.3. The van der Waals surface area contributed by atoms with Crippen LogP contribution in [0.15, 0.2) is 77.7 Å². The summed E-state index contributed by atoms with van der Waals surface area (Å²) < 4.78 is 65.8. The van der Waals surface area contributed by atoms with Crippen molar-refractivity contribution in [3.05, 3.63) is 83.9 Å². The number of rotatable bonds is 5. The molecule has 1 fully saturated rings. The van der Waals surface area contributed by atoms with E-state index >= 15 is 0 Å². The number of benzene rings is 3. The molecular weight excluding hydrogens is 503 g/mol. The minimum atomic E-state index is -4.84. The molecule has 0 bridgehead atoms. The smallest absolute Gasteiger partial charge is 0.406 e. The van der Waals surface area contributed by atoms with E-state index in [1.165, 1.54) is 23.3 Å². The fourth-order valence-electron chi connectivity index (χ4n) is 5.35. The summed E-state index contributed by atoms with van der Waals surface area (Å²) in [6, 6.07) is 19.7. The molecule has 1 saturated carbocycles. The van der Waals surface area contributed by atoms with Crippen molar-refractivity contribution in [3.63, 3.8) is 0 Å². The first kappa shape index (κ1) is 25.6. The molecule has 5 rings (SSSR count). The molecule has 0 amide bonds. The van der Waals surface area contributed by atoms with E-state index in [1.807, 2.05) is 24.3 Å². The quantitative estimate of drug-likeness (QED) is 0.394. The molecule has 1 unspecified atom stereocenters. The molecule has 1 heterocycles. The molecule has 6 nitrogen and oxygen atoms in total. The number of halogens is 3. The summed E-state index contributed by atoms with van der Waals surface area (Å²) in [4.78, 5) is 2.20. The van der Waals surface area contributed by atoms with Gasteiger partial charge in [-0.2, -0.15) is 0 Å². The number of para-hydroxylation sites is 2. The van der Waals surface area contributed by atoms with Crippen LogP contribution in [0.4, 0.5) is 24.5 Å². The number of aliphatic hydroxyl groups excluding tert-OH is 1. The van der Waals surface area contributed by atoms with Crippen molar-refractivity contribution in [2.24, 2.45) is 0 Å². The van der Waals surface area contributed by atoms with Crippen molar-refractivity contribution in [3.8, 4) is 5.75 Å². The SMILES string of the molecule is N=S(=O)(N[C@H]1CCC[C@H](N2c3ccccc3CCc3ccccc32)[C@H]1O)c1ccc(OC(F)(F)F)cc1. The van der Waals surface area contributed by atoms with E-state index in [9.17, 15) is 22.5 Å². The van der Waals surface area contributed by atoms with Gasteiger partial charge in [0.2, 0.25) is 0 Å². The number of hydrogen-bond donors (Lipinski definition) is 3. The van der Waals surface area contributed by atoms with Gasteiger partial charge in [0.05, 0.1) is 17.0 Å². The number of nitrogens with one attached hydrogen (secondary N) is 2. The highest BCUT2D eigenvalue weighted by Crippen LogP contribution is 2.41. The van der Waals surface area contributed by atoms with E-state index in [-0.39, 0.29) is 10.9 Å². The average molecular weight is 532 g/mol. The third-order valence-corrected chi connectivity index (χ3v) is 8.60. The lowest BCUT2D eigenvalue weighted by molar-refractivity contribution is -0.274. The summed E-state index contributed by atoms with van der Waals surface area (Å²) in [5.74, 6) is -0.456. The van der Waals surface area contributed by atoms with Crippen LogP contribution in [-0.4, -0.2) is 33.9 Å². The van der Waals surface area contributed by atoms with Crippen molar-refractivity contribution in [1.29, 1.82) is 4.78 Å². The average Bonchev–Trinajstić information content (AvgIpc) is 3.02. The van der Waals surface area contributed by atoms with Crippen LogP contribution in [0, 0.1) is 4.78 Å². The van der Waals surface area contributed by atoms with Crippen LogP contribution in [0.2, 0.25) is 0 Å². The summed E-state index contributed by atoms with van der Waals surface area (Å²) in [6.45, 7) is 0. The largest absolute Gasteiger partial charge is 0.573 e. The second-order valence-corrected chi connectivity index (χ2v) is 11.2. The molecule has 3 N–H and O–H groups in total. The maximum atomic E-state index is 13.3. The zero-order valence-corrected chi connectivity index (χ0v) is 20.8. The number of ether oxygens (including phenoxy) is 1. The molecule has 3 aromatic rings. The number of aliphatic hydroxyl groups is 1. The molecule has 0 aromatic heterocycles. The lowest BCUT2D eigenvalue weighted by Crippen LogP contribution is -2.55. The van der Waals surface area contributed by atoms with E-state index in [2.05, 4.69) is 38.6 Å². The van der Waals surface area contributed by atoms with Crippen LogP contribution >= 0.6 is 0 Å². The molecule has 37 heavy (non-hydrogen) atoms. The highest BCUT2D eigenvalue weighted by atomic mass is 32.2. The number of fused-ring (bicyclic) bond motifs is 2. The Morgan fingerprint density at radius 3 is 2.05 bits per heavy atom. The summed E-state index contributed by atoms with van der Waals surface area (Å²) in [5, 5.41) is 11.5. The van der Waals surface area contributed by atoms with Crippen LogP contribution < -0.4 is 14.4 Å². The Bertz CT molecular complexity index is 1320. The van der Waals surface area contributed by atoms with Gasteiger partial charge in [-0.15, -0.1) is 13.2 Å². The van der Waals surface area contributed by atoms with E-state index < -0.39 is 34.2 Å². The molecule has 196 valence electrons. The van der Waals surface area contributed by atoms with Gasteiger partial charge in [0, 0.05) is 17.4 Å². The molecule has 2 aliphatic rings. The topological polar surface area (TPSA) is 85.7 Å². The molecule has 0 radical (unpaired) electrons. The Labute approximate surface area is 214 Å². The number of hydrogen-bond acceptors (Lipinski definition) is 5. The Kier molecular flexibility index (Phi) is 6.91. The van der Waals surface area contributed by atoms with Crippen LogP contribution in [0.1, 0.15) is 30.4 Å². The molecule has 1 aliphatic carbocycles. The van der Waals surface area contributed by atoms with Gasteiger partial charge >= 0.3 is 6.36 Å². The van der Waals surface area contributed by atoms with Gasteiger partial charge in [0.1, 0.15) is 15.7 Å². The van der Waals surface area contributed by atoms with E-state index in [4.69, 9.17) is 4.78 Å². The van der Waals surface area contributed by atoms with Crippen LogP contribution in [0.5, 0.6) is 5.75 Å². The Balaban J connectivity index is 1.41. The van der Waals surface area contributed by atoms with Gasteiger partial charge in [0.15, 0.2) is 0 Å². The van der Waals surface area contributed by atoms with Gasteiger partial charge in [-0.25, -0.2) is 13.7 Å². The van der Waals surface area contributed by atoms with Crippen molar-refractivity contribution >= 4 is 21.3 Å². The van der Waals surface area contributed by atoms with Crippen LogP contribution in [-0.2, 0) is 22.8 Å². The fourth-order valence-corrected chi connectivity index (χ4v) is 6.69. The summed E-state index contributed by atoms with van der Waals surface area (Å²) in [5.41, 5.74) is 4.44. The number of anilines is 2. The second kappa shape index (κ2) is 10.00. The molecule has 1 aliphatic heterocycles. The third kappa shape index (κ3) is 5.46. The Morgan fingerprint density at radius 2 is 1.49 bits per heavy atom. The fraction of sp³-hybridized carbons (Fsp3) is 0.333. The van der Waals surface area contributed by atoms with Gasteiger partial charge in [0.25, 0.3) is 0 Å². The van der Waals surface area contributed by atoms with Gasteiger partial charge < -0.3 is 14.7 Å². The standard InChI is InChI=1S/C27H28F3N3O3S/c28-27(29,30)36-20-14-16-21(17-15-20)37(31,35)32-22-8-5-11-25(26(22)34)33-23-9-3-1-6-18(23)12-13-19-7-2-4-10-24(19)33/h1-4,6-7,9-10,14-17,22,25-26,34H,5,8,11-13H2,(H2,31,32,35)/t22-,25-,26-,37?/m0/s1. The number of aryl methyl sites for hydroxylation is 2. The second-order valence-electron chi connectivity index (χ2n) is 9.42. The molecule has 3 aromatic carbocycles. The minimum Gasteiger partial charge on any atom is -0.406 e. The summed E-state index contributed by atoms with van der Waals surface area (Å²) >= 11 is 0. The lowest BCUT2D eigenvalue weighted by atomic mass is 9.86. The summed E-state index contributed by atoms with van der Waals surface area (Å²) in [7, 11) is -3.60. The first-order valence-corrected chi connectivity index (χ1v) is 13.7. The maximum Gasteiger partial charge on any atom is 0.573 e. The molecule has 4 atom stereocenters. The molecular formula is C27H28F3N3O3S. The van der Waals surface area contributed by atoms with Crippen LogP contribution in [0.25, 0.3) is 0 Å². The molecule has 10 heteroatoms. The predicted octanol–water partition coefficient (Wildman–Crippen LogP) is 5.71. The Hall–Kier alpha value is -3.08. The predicted molar refractivity (Wildman–Crippen MR) is 135 cm³/mol. The monoisotopic (exact) mass is 531 g/mol. The Morgan fingerprint density at radius 1 is 0.919 bits per heavy atom. The van der Waals surface area contributed by atoms with E-state index in [0.717, 1.165) is 42.8 Å². The molecule has 0 spiro atoms. The van der Waals surface area contributed by atoms with Gasteiger partial charge in [-0.05, 0) is 79.6 Å². The van der Waals surface area contributed by atoms with Crippen molar-refractivity contribution in [1.82, 2.24) is 4.72 Å². The van der Waals surface area contributed by atoms with Gasteiger partial charge in [-0.3, -0.25) is 0 Å². The van der Waals surface area contributed by atoms with Crippen molar-refractivity contribution < 1.29 is 27.2 Å². The minimum absolute atomic E-state index is 0.0156. The lowest BCUT2D eigenvalue weighted by Gasteiger charge is -2.43. The highest BCUT2D eigenvalue weighted by Gasteiger charge is 2.39. The number of alkyl halides is 3.